The Balaban J connectivity index is 1.46. The van der Waals surface area contributed by atoms with Crippen molar-refractivity contribution in [2.45, 2.75) is 25.9 Å². The molecule has 0 aliphatic rings. The largest absolute Gasteiger partial charge is 0.457 e. The van der Waals surface area contributed by atoms with Crippen LogP contribution in [0.25, 0.3) is 0 Å². The van der Waals surface area contributed by atoms with E-state index in [1.807, 2.05) is 30.3 Å². The Morgan fingerprint density at radius 2 is 1.36 bits per heavy atom. The molecule has 172 valence electrons. The van der Waals surface area contributed by atoms with Crippen LogP contribution in [0.5, 0.6) is 11.5 Å². The van der Waals surface area contributed by atoms with Crippen LogP contribution in [0.3, 0.4) is 0 Å². The molecule has 0 saturated carbocycles. The maximum Gasteiger partial charge on any atom is 0.416 e. The van der Waals surface area contributed by atoms with Gasteiger partial charge in [0.05, 0.1) is 5.56 Å². The summed E-state index contributed by atoms with van der Waals surface area (Å²) in [4.78, 5) is 24.5. The highest BCUT2D eigenvalue weighted by Gasteiger charge is 2.30. The van der Waals surface area contributed by atoms with E-state index in [4.69, 9.17) is 4.74 Å². The number of benzene rings is 3. The first-order chi connectivity index (χ1) is 15.7. The molecule has 5 nitrogen and oxygen atoms in total. The van der Waals surface area contributed by atoms with Gasteiger partial charge in [0.2, 0.25) is 11.8 Å². The lowest BCUT2D eigenvalue weighted by molar-refractivity contribution is -0.137. The molecule has 0 aromatic heterocycles. The Morgan fingerprint density at radius 3 is 1.97 bits per heavy atom. The van der Waals surface area contributed by atoms with E-state index in [-0.39, 0.29) is 30.4 Å². The van der Waals surface area contributed by atoms with Crippen molar-refractivity contribution in [1.29, 1.82) is 0 Å². The second-order valence-corrected chi connectivity index (χ2v) is 7.63. The van der Waals surface area contributed by atoms with Gasteiger partial charge in [-0.3, -0.25) is 9.59 Å². The van der Waals surface area contributed by atoms with Gasteiger partial charge in [-0.25, -0.2) is 0 Å². The van der Waals surface area contributed by atoms with Crippen LogP contribution in [0.1, 0.15) is 25.3 Å². The predicted octanol–water partition coefficient (Wildman–Crippen LogP) is 6.49. The zero-order valence-corrected chi connectivity index (χ0v) is 17.9. The fourth-order valence-electron chi connectivity index (χ4n) is 3.13. The molecular weight excluding hydrogens is 433 g/mol. The summed E-state index contributed by atoms with van der Waals surface area (Å²) in [6, 6.07) is 20.6. The van der Waals surface area contributed by atoms with E-state index in [2.05, 4.69) is 10.6 Å². The van der Waals surface area contributed by atoms with Crippen LogP contribution in [0.2, 0.25) is 0 Å². The molecule has 33 heavy (non-hydrogen) atoms. The first-order valence-electron chi connectivity index (χ1n) is 10.3. The minimum absolute atomic E-state index is 0.00643. The zero-order valence-electron chi connectivity index (χ0n) is 17.9. The lowest BCUT2D eigenvalue weighted by Crippen LogP contribution is -2.20. The van der Waals surface area contributed by atoms with Crippen LogP contribution in [-0.2, 0) is 15.8 Å². The van der Waals surface area contributed by atoms with Crippen LogP contribution >= 0.6 is 0 Å². The summed E-state index contributed by atoms with van der Waals surface area (Å²) in [5.41, 5.74) is -0.196. The molecule has 3 rings (SSSR count). The van der Waals surface area contributed by atoms with Gasteiger partial charge in [0.25, 0.3) is 0 Å². The van der Waals surface area contributed by atoms with Gasteiger partial charge in [0, 0.05) is 24.2 Å². The Labute approximate surface area is 189 Å². The van der Waals surface area contributed by atoms with E-state index < -0.39 is 17.6 Å². The topological polar surface area (TPSA) is 67.4 Å². The van der Waals surface area contributed by atoms with Gasteiger partial charge >= 0.3 is 6.18 Å². The Bertz CT molecular complexity index is 1080. The molecule has 0 heterocycles. The Hall–Kier alpha value is -3.81. The van der Waals surface area contributed by atoms with Gasteiger partial charge in [0.15, 0.2) is 0 Å². The van der Waals surface area contributed by atoms with E-state index in [1.54, 1.807) is 31.2 Å². The SMILES string of the molecule is C[C@H](CC(=O)Nc1ccc(Oc2ccccc2)cc1)CC(=O)Nc1cccc(C(F)(F)F)c1. The van der Waals surface area contributed by atoms with Gasteiger partial charge in [-0.1, -0.05) is 31.2 Å². The number of nitrogens with one attached hydrogen (secondary N) is 2. The lowest BCUT2D eigenvalue weighted by atomic mass is 10.0. The van der Waals surface area contributed by atoms with Crippen molar-refractivity contribution >= 4 is 23.2 Å². The summed E-state index contributed by atoms with van der Waals surface area (Å²) in [5.74, 6) is 0.282. The molecule has 2 N–H and O–H groups in total. The number of para-hydroxylation sites is 1. The van der Waals surface area contributed by atoms with Crippen LogP contribution in [0, 0.1) is 5.92 Å². The number of ether oxygens (including phenoxy) is 1. The number of alkyl halides is 3. The molecule has 0 aliphatic carbocycles. The van der Waals surface area contributed by atoms with Crippen molar-refractivity contribution in [2.75, 3.05) is 10.6 Å². The van der Waals surface area contributed by atoms with E-state index in [0.29, 0.717) is 17.2 Å². The minimum Gasteiger partial charge on any atom is -0.457 e. The molecular formula is C25H23F3N2O3. The first-order valence-corrected chi connectivity index (χ1v) is 10.3. The van der Waals surface area contributed by atoms with E-state index in [1.165, 1.54) is 12.1 Å². The zero-order chi connectivity index (χ0) is 23.8. The molecule has 0 bridgehead atoms. The van der Waals surface area contributed by atoms with Gasteiger partial charge in [0.1, 0.15) is 11.5 Å². The third-order valence-electron chi connectivity index (χ3n) is 4.66. The van der Waals surface area contributed by atoms with Crippen LogP contribution < -0.4 is 15.4 Å². The van der Waals surface area contributed by atoms with E-state index >= 15 is 0 Å². The summed E-state index contributed by atoms with van der Waals surface area (Å²) in [6.45, 7) is 1.72. The minimum atomic E-state index is -4.49. The summed E-state index contributed by atoms with van der Waals surface area (Å²) in [6.07, 6.45) is -4.41. The molecule has 0 spiro atoms. The summed E-state index contributed by atoms with van der Waals surface area (Å²) in [5, 5.41) is 5.21. The highest BCUT2D eigenvalue weighted by molar-refractivity contribution is 5.93. The number of hydrogen-bond acceptors (Lipinski definition) is 3. The monoisotopic (exact) mass is 456 g/mol. The van der Waals surface area contributed by atoms with Gasteiger partial charge in [-0.15, -0.1) is 0 Å². The fourth-order valence-corrected chi connectivity index (χ4v) is 3.13. The molecule has 8 heteroatoms. The van der Waals surface area contributed by atoms with Crippen molar-refractivity contribution in [3.8, 4) is 11.5 Å². The fraction of sp³-hybridized carbons (Fsp3) is 0.200. The molecule has 0 fully saturated rings. The molecule has 1 atom stereocenters. The average Bonchev–Trinajstić information content (AvgIpc) is 2.75. The van der Waals surface area contributed by atoms with E-state index in [9.17, 15) is 22.8 Å². The number of hydrogen-bond donors (Lipinski definition) is 2. The smallest absolute Gasteiger partial charge is 0.416 e. The van der Waals surface area contributed by atoms with Crippen molar-refractivity contribution in [3.05, 3.63) is 84.4 Å². The van der Waals surface area contributed by atoms with Crippen LogP contribution in [0.4, 0.5) is 24.5 Å². The Kier molecular flexibility index (Phi) is 7.71. The van der Waals surface area contributed by atoms with Crippen LogP contribution in [-0.4, -0.2) is 11.8 Å². The number of anilines is 2. The molecule has 0 unspecified atom stereocenters. The molecule has 0 saturated heterocycles. The highest BCUT2D eigenvalue weighted by Crippen LogP contribution is 2.30. The number of halogens is 3. The predicted molar refractivity (Wildman–Crippen MR) is 120 cm³/mol. The maximum atomic E-state index is 12.8. The highest BCUT2D eigenvalue weighted by atomic mass is 19.4. The summed E-state index contributed by atoms with van der Waals surface area (Å²) in [7, 11) is 0. The standard InChI is InChI=1S/C25H23F3N2O3/c1-17(15-24(32)30-20-7-5-6-18(16-20)25(26,27)28)14-23(31)29-19-10-12-22(13-11-19)33-21-8-3-2-4-9-21/h2-13,16-17H,14-15H2,1H3,(H,29,31)(H,30,32)/t17-/m1/s1. The third-order valence-corrected chi connectivity index (χ3v) is 4.66. The number of rotatable bonds is 8. The number of amides is 2. The van der Waals surface area contributed by atoms with Crippen molar-refractivity contribution < 1.29 is 27.5 Å². The first kappa shape index (κ1) is 23.8. The summed E-state index contributed by atoms with van der Waals surface area (Å²) < 4.78 is 44.1. The summed E-state index contributed by atoms with van der Waals surface area (Å²) >= 11 is 0. The maximum absolute atomic E-state index is 12.8. The quantitative estimate of drug-likeness (QED) is 0.407. The van der Waals surface area contributed by atoms with E-state index in [0.717, 1.165) is 12.1 Å². The molecule has 0 aliphatic heterocycles. The second kappa shape index (κ2) is 10.7. The van der Waals surface area contributed by atoms with Gasteiger partial charge in [-0.2, -0.15) is 13.2 Å². The molecule has 0 radical (unpaired) electrons. The van der Waals surface area contributed by atoms with Crippen molar-refractivity contribution in [3.63, 3.8) is 0 Å². The van der Waals surface area contributed by atoms with Crippen molar-refractivity contribution in [2.24, 2.45) is 5.92 Å². The Morgan fingerprint density at radius 1 is 0.788 bits per heavy atom. The molecule has 2 amide bonds. The average molecular weight is 456 g/mol. The van der Waals surface area contributed by atoms with Crippen molar-refractivity contribution in [1.82, 2.24) is 0 Å². The van der Waals surface area contributed by atoms with Gasteiger partial charge in [-0.05, 0) is 60.5 Å². The molecule has 3 aromatic carbocycles. The van der Waals surface area contributed by atoms with Crippen LogP contribution in [0.15, 0.2) is 78.9 Å². The lowest BCUT2D eigenvalue weighted by Gasteiger charge is -2.13. The third kappa shape index (κ3) is 7.68. The number of carbonyl (C=O) groups is 2. The number of carbonyl (C=O) groups excluding carboxylic acids is 2. The van der Waals surface area contributed by atoms with Gasteiger partial charge < -0.3 is 15.4 Å². The normalized spacial score (nSPS) is 12.0. The molecule has 3 aromatic rings. The second-order valence-electron chi connectivity index (χ2n) is 7.63.